The molecular weight excluding hydrogens is 164 g/mol. The predicted molar refractivity (Wildman–Crippen MR) is 51.3 cm³/mol. The number of hydrogen-bond acceptors (Lipinski definition) is 2. The Morgan fingerprint density at radius 2 is 1.23 bits per heavy atom. The molecule has 0 aromatic heterocycles. The van der Waals surface area contributed by atoms with Crippen LogP contribution < -0.4 is 0 Å². The zero-order valence-corrected chi connectivity index (χ0v) is 8.83. The molecule has 0 aromatic carbocycles. The van der Waals surface area contributed by atoms with Crippen molar-refractivity contribution in [2.75, 3.05) is 0 Å². The minimum absolute atomic E-state index is 0.0508. The molecule has 0 saturated heterocycles. The molecule has 0 radical (unpaired) electrons. The Bertz CT molecular complexity index is 204. The molecule has 0 spiro atoms. The van der Waals surface area contributed by atoms with E-state index in [4.69, 9.17) is 0 Å². The van der Waals surface area contributed by atoms with E-state index in [9.17, 15) is 9.59 Å². The normalized spacial score (nSPS) is 26.6. The number of carbonyl (C=O) groups is 2. The third-order valence-corrected chi connectivity index (χ3v) is 2.66. The topological polar surface area (TPSA) is 34.1 Å². The van der Waals surface area contributed by atoms with E-state index >= 15 is 0 Å². The highest BCUT2D eigenvalue weighted by atomic mass is 16.1. The standard InChI is InChI=1S/C11H18O2/c1-6(2)10(12)8-5-9(8)11(13)7(3)4/h6-9H,5H2,1-4H3. The quantitative estimate of drug-likeness (QED) is 0.667. The van der Waals surface area contributed by atoms with Gasteiger partial charge in [0.15, 0.2) is 0 Å². The number of Topliss-reactive ketones (excluding diaryl/α,β-unsaturated/α-hetero) is 2. The molecule has 2 heteroatoms. The number of carbonyl (C=O) groups excluding carboxylic acids is 2. The van der Waals surface area contributed by atoms with Crippen molar-refractivity contribution < 1.29 is 9.59 Å². The molecule has 0 N–H and O–H groups in total. The van der Waals surface area contributed by atoms with E-state index in [2.05, 4.69) is 0 Å². The van der Waals surface area contributed by atoms with Gasteiger partial charge in [0, 0.05) is 23.7 Å². The molecule has 1 aliphatic rings. The molecule has 0 heterocycles. The molecule has 1 rings (SSSR count). The van der Waals surface area contributed by atoms with Crippen LogP contribution in [0.1, 0.15) is 34.1 Å². The summed E-state index contributed by atoms with van der Waals surface area (Å²) < 4.78 is 0. The lowest BCUT2D eigenvalue weighted by Crippen LogP contribution is -2.16. The summed E-state index contributed by atoms with van der Waals surface area (Å²) in [6.45, 7) is 7.60. The first kappa shape index (κ1) is 10.4. The van der Waals surface area contributed by atoms with Gasteiger partial charge >= 0.3 is 0 Å². The second-order valence-corrected chi connectivity index (χ2v) is 4.56. The largest absolute Gasteiger partial charge is 0.299 e. The van der Waals surface area contributed by atoms with E-state index < -0.39 is 0 Å². The smallest absolute Gasteiger partial charge is 0.139 e. The number of rotatable bonds is 4. The van der Waals surface area contributed by atoms with Crippen LogP contribution in [0.5, 0.6) is 0 Å². The highest BCUT2D eigenvalue weighted by Gasteiger charge is 2.48. The average Bonchev–Trinajstić information content (AvgIpc) is 2.80. The fourth-order valence-electron chi connectivity index (χ4n) is 1.68. The first-order valence-electron chi connectivity index (χ1n) is 5.02. The number of ketones is 2. The third kappa shape index (κ3) is 2.17. The highest BCUT2D eigenvalue weighted by Crippen LogP contribution is 2.42. The molecular formula is C11H18O2. The zero-order valence-electron chi connectivity index (χ0n) is 8.83. The van der Waals surface area contributed by atoms with E-state index in [1.165, 1.54) is 0 Å². The second kappa shape index (κ2) is 3.60. The Morgan fingerprint density at radius 3 is 1.46 bits per heavy atom. The summed E-state index contributed by atoms with van der Waals surface area (Å²) in [5.74, 6) is 0.785. The maximum atomic E-state index is 11.5. The van der Waals surface area contributed by atoms with E-state index in [0.29, 0.717) is 0 Å². The van der Waals surface area contributed by atoms with Crippen LogP contribution in [0.15, 0.2) is 0 Å². The average molecular weight is 182 g/mol. The summed E-state index contributed by atoms with van der Waals surface area (Å²) in [6.07, 6.45) is 0.800. The SMILES string of the molecule is CC(C)C(=O)C1CC1C(=O)C(C)C. The van der Waals surface area contributed by atoms with Gasteiger partial charge in [-0.2, -0.15) is 0 Å². The van der Waals surface area contributed by atoms with Crippen molar-refractivity contribution in [2.45, 2.75) is 34.1 Å². The summed E-state index contributed by atoms with van der Waals surface area (Å²) in [5, 5.41) is 0. The van der Waals surface area contributed by atoms with Gasteiger partial charge in [-0.3, -0.25) is 9.59 Å². The summed E-state index contributed by atoms with van der Waals surface area (Å²) in [7, 11) is 0. The minimum atomic E-state index is 0.0508. The summed E-state index contributed by atoms with van der Waals surface area (Å²) in [4.78, 5) is 23.0. The fraction of sp³-hybridized carbons (Fsp3) is 0.818. The van der Waals surface area contributed by atoms with Gasteiger partial charge in [0.2, 0.25) is 0 Å². The molecule has 2 atom stereocenters. The lowest BCUT2D eigenvalue weighted by molar-refractivity contribution is -0.128. The van der Waals surface area contributed by atoms with Gasteiger partial charge in [-0.05, 0) is 6.42 Å². The minimum Gasteiger partial charge on any atom is -0.299 e. The van der Waals surface area contributed by atoms with Gasteiger partial charge in [-0.1, -0.05) is 27.7 Å². The van der Waals surface area contributed by atoms with Crippen molar-refractivity contribution in [2.24, 2.45) is 23.7 Å². The Labute approximate surface area is 79.7 Å². The van der Waals surface area contributed by atoms with E-state index in [0.717, 1.165) is 6.42 Å². The van der Waals surface area contributed by atoms with Crippen molar-refractivity contribution >= 4 is 11.6 Å². The molecule has 0 aromatic rings. The molecule has 1 aliphatic carbocycles. The molecule has 0 aliphatic heterocycles. The maximum Gasteiger partial charge on any atom is 0.139 e. The molecule has 2 nitrogen and oxygen atoms in total. The molecule has 74 valence electrons. The van der Waals surface area contributed by atoms with Crippen LogP contribution in [0.4, 0.5) is 0 Å². The van der Waals surface area contributed by atoms with Gasteiger partial charge < -0.3 is 0 Å². The van der Waals surface area contributed by atoms with Crippen molar-refractivity contribution in [1.82, 2.24) is 0 Å². The van der Waals surface area contributed by atoms with Crippen LogP contribution in [0.2, 0.25) is 0 Å². The highest BCUT2D eigenvalue weighted by molar-refractivity contribution is 5.95. The first-order chi connectivity index (χ1) is 5.95. The second-order valence-electron chi connectivity index (χ2n) is 4.56. The zero-order chi connectivity index (χ0) is 10.2. The van der Waals surface area contributed by atoms with Crippen molar-refractivity contribution in [3.8, 4) is 0 Å². The predicted octanol–water partition coefficient (Wildman–Crippen LogP) is 2.07. The lowest BCUT2D eigenvalue weighted by Gasteiger charge is -2.04. The lowest BCUT2D eigenvalue weighted by atomic mass is 9.99. The van der Waals surface area contributed by atoms with E-state index in [1.54, 1.807) is 0 Å². The van der Waals surface area contributed by atoms with Gasteiger partial charge in [0.1, 0.15) is 11.6 Å². The summed E-state index contributed by atoms with van der Waals surface area (Å²) in [6, 6.07) is 0. The monoisotopic (exact) mass is 182 g/mol. The van der Waals surface area contributed by atoms with Crippen molar-refractivity contribution in [3.63, 3.8) is 0 Å². The molecule has 0 bridgehead atoms. The first-order valence-corrected chi connectivity index (χ1v) is 5.02. The Morgan fingerprint density at radius 1 is 0.923 bits per heavy atom. The van der Waals surface area contributed by atoms with E-state index in [1.807, 2.05) is 27.7 Å². The van der Waals surface area contributed by atoms with Crippen LogP contribution in [-0.2, 0) is 9.59 Å². The third-order valence-electron chi connectivity index (χ3n) is 2.66. The Balaban J connectivity index is 2.47. The van der Waals surface area contributed by atoms with Crippen LogP contribution in [0, 0.1) is 23.7 Å². The van der Waals surface area contributed by atoms with Crippen LogP contribution in [0.25, 0.3) is 0 Å². The van der Waals surface area contributed by atoms with Crippen LogP contribution in [-0.4, -0.2) is 11.6 Å². The molecule has 1 saturated carbocycles. The Kier molecular flexibility index (Phi) is 2.89. The molecule has 2 unspecified atom stereocenters. The van der Waals surface area contributed by atoms with Gasteiger partial charge in [-0.25, -0.2) is 0 Å². The fourth-order valence-corrected chi connectivity index (χ4v) is 1.68. The molecule has 13 heavy (non-hydrogen) atoms. The summed E-state index contributed by atoms with van der Waals surface area (Å²) >= 11 is 0. The van der Waals surface area contributed by atoms with Crippen LogP contribution in [0.3, 0.4) is 0 Å². The summed E-state index contributed by atoms with van der Waals surface area (Å²) in [5.41, 5.74) is 0. The maximum absolute atomic E-state index is 11.5. The Hall–Kier alpha value is -0.660. The van der Waals surface area contributed by atoms with Crippen molar-refractivity contribution in [3.05, 3.63) is 0 Å². The van der Waals surface area contributed by atoms with Gasteiger partial charge in [-0.15, -0.1) is 0 Å². The van der Waals surface area contributed by atoms with Crippen LogP contribution >= 0.6 is 0 Å². The molecule has 1 fully saturated rings. The molecule has 0 amide bonds. The van der Waals surface area contributed by atoms with Gasteiger partial charge in [0.05, 0.1) is 0 Å². The van der Waals surface area contributed by atoms with E-state index in [-0.39, 0.29) is 35.2 Å². The van der Waals surface area contributed by atoms with Crippen molar-refractivity contribution in [1.29, 1.82) is 0 Å². The number of hydrogen-bond donors (Lipinski definition) is 0. The van der Waals surface area contributed by atoms with Gasteiger partial charge in [0.25, 0.3) is 0 Å².